The van der Waals surface area contributed by atoms with E-state index < -0.39 is 47.9 Å². The first-order valence-corrected chi connectivity index (χ1v) is 11.1. The first-order chi connectivity index (χ1) is 15.2. The average molecular weight is 482 g/mol. The van der Waals surface area contributed by atoms with Crippen LogP contribution < -0.4 is 21.7 Å². The third-order valence-electron chi connectivity index (χ3n) is 4.82. The maximum Gasteiger partial charge on any atom is 0.327 e. The topological polar surface area (TPSA) is 166 Å². The van der Waals surface area contributed by atoms with Gasteiger partial charge in [-0.3, -0.25) is 14.4 Å². The van der Waals surface area contributed by atoms with E-state index in [2.05, 4.69) is 46.2 Å². The summed E-state index contributed by atoms with van der Waals surface area (Å²) in [5.41, 5.74) is 7.84. The Balaban J connectivity index is 1.93. The zero-order valence-corrected chi connectivity index (χ0v) is 19.2. The predicted molar refractivity (Wildman–Crippen MR) is 127 cm³/mol. The van der Waals surface area contributed by atoms with Gasteiger partial charge < -0.3 is 31.8 Å². The van der Waals surface area contributed by atoms with E-state index in [0.29, 0.717) is 0 Å². The Morgan fingerprint density at radius 3 is 2.25 bits per heavy atom. The molecule has 1 aromatic heterocycles. The van der Waals surface area contributed by atoms with Gasteiger partial charge in [0, 0.05) is 28.6 Å². The summed E-state index contributed by atoms with van der Waals surface area (Å²) in [5.74, 6) is -3.25. The number of aromatic amines is 1. The van der Waals surface area contributed by atoms with Crippen LogP contribution in [0.4, 0.5) is 0 Å². The van der Waals surface area contributed by atoms with Crippen molar-refractivity contribution in [3.63, 3.8) is 0 Å². The number of hydrogen-bond acceptors (Lipinski definition) is 7. The van der Waals surface area contributed by atoms with Gasteiger partial charge in [0.15, 0.2) is 0 Å². The standard InChI is InChI=1S/C20H27N5O5S2/c1-10(17(26)25-16(9-32)20(29)30)23-19(28)15(8-31)24-18(27)13(21)6-11-7-22-14-5-3-2-4-12(11)14/h2-5,7,10,13,15-16,22,31-32H,6,8-9,21H2,1H3,(H,23,28)(H,24,27)(H,25,26)(H,29,30). The van der Waals surface area contributed by atoms with Crippen LogP contribution in [0.1, 0.15) is 12.5 Å². The Labute approximate surface area is 195 Å². The molecule has 2 rings (SSSR count). The van der Waals surface area contributed by atoms with Crippen molar-refractivity contribution in [3.8, 4) is 0 Å². The number of hydrogen-bond donors (Lipinski definition) is 8. The van der Waals surface area contributed by atoms with Crippen molar-refractivity contribution in [2.75, 3.05) is 11.5 Å². The highest BCUT2D eigenvalue weighted by atomic mass is 32.1. The molecule has 0 radical (unpaired) electrons. The van der Waals surface area contributed by atoms with E-state index in [1.165, 1.54) is 6.92 Å². The highest BCUT2D eigenvalue weighted by Gasteiger charge is 2.27. The number of aliphatic carboxylic acids is 1. The monoisotopic (exact) mass is 481 g/mol. The van der Waals surface area contributed by atoms with Gasteiger partial charge in [-0.2, -0.15) is 25.3 Å². The number of carboxylic acid groups (broad SMARTS) is 1. The molecule has 0 aliphatic carbocycles. The second-order valence-electron chi connectivity index (χ2n) is 7.23. The number of H-pyrrole nitrogens is 1. The van der Waals surface area contributed by atoms with Crippen molar-refractivity contribution >= 4 is 59.9 Å². The summed E-state index contributed by atoms with van der Waals surface area (Å²) in [6.45, 7) is 1.39. The highest BCUT2D eigenvalue weighted by Crippen LogP contribution is 2.18. The molecule has 7 N–H and O–H groups in total. The first-order valence-electron chi connectivity index (χ1n) is 9.84. The quantitative estimate of drug-likeness (QED) is 0.201. The summed E-state index contributed by atoms with van der Waals surface area (Å²) in [7, 11) is 0. The molecule has 0 aliphatic rings. The van der Waals surface area contributed by atoms with Gasteiger partial charge in [0.2, 0.25) is 17.7 Å². The van der Waals surface area contributed by atoms with Crippen LogP contribution in [0.2, 0.25) is 0 Å². The molecule has 0 spiro atoms. The van der Waals surface area contributed by atoms with Crippen molar-refractivity contribution in [1.82, 2.24) is 20.9 Å². The summed E-state index contributed by atoms with van der Waals surface area (Å²) >= 11 is 7.97. The number of carboxylic acids is 1. The molecule has 0 aliphatic heterocycles. The van der Waals surface area contributed by atoms with Gasteiger partial charge in [0.25, 0.3) is 0 Å². The molecule has 3 amide bonds. The average Bonchev–Trinajstić information content (AvgIpc) is 3.17. The van der Waals surface area contributed by atoms with Crippen molar-refractivity contribution < 1.29 is 24.3 Å². The SMILES string of the molecule is CC(NC(=O)C(CS)NC(=O)C(N)Cc1c[nH]c2ccccc12)C(=O)NC(CS)C(=O)O. The normalized spacial score (nSPS) is 14.8. The molecule has 4 atom stereocenters. The van der Waals surface area contributed by atoms with Crippen LogP contribution in [-0.4, -0.2) is 69.5 Å². The number of fused-ring (bicyclic) bond motifs is 1. The lowest BCUT2D eigenvalue weighted by molar-refractivity contribution is -0.141. The van der Waals surface area contributed by atoms with Crippen molar-refractivity contribution in [3.05, 3.63) is 36.0 Å². The lowest BCUT2D eigenvalue weighted by atomic mass is 10.0. The van der Waals surface area contributed by atoms with Gasteiger partial charge in [-0.15, -0.1) is 0 Å². The van der Waals surface area contributed by atoms with Crippen LogP contribution in [0, 0.1) is 0 Å². The first kappa shape index (κ1) is 25.6. The number of aromatic nitrogens is 1. The molecule has 1 aromatic carbocycles. The number of nitrogens with two attached hydrogens (primary N) is 1. The number of amides is 3. The fourth-order valence-corrected chi connectivity index (χ4v) is 3.47. The minimum Gasteiger partial charge on any atom is -0.480 e. The summed E-state index contributed by atoms with van der Waals surface area (Å²) in [6.07, 6.45) is 2.05. The largest absolute Gasteiger partial charge is 0.480 e. The zero-order chi connectivity index (χ0) is 23.8. The summed E-state index contributed by atoms with van der Waals surface area (Å²) in [5, 5.41) is 17.2. The van der Waals surface area contributed by atoms with Gasteiger partial charge in [-0.1, -0.05) is 18.2 Å². The van der Waals surface area contributed by atoms with E-state index in [-0.39, 0.29) is 17.9 Å². The molecule has 0 saturated heterocycles. The Morgan fingerprint density at radius 2 is 1.62 bits per heavy atom. The number of benzene rings is 1. The van der Waals surface area contributed by atoms with Crippen molar-refractivity contribution in [2.24, 2.45) is 5.73 Å². The molecular weight excluding hydrogens is 454 g/mol. The van der Waals surface area contributed by atoms with Crippen molar-refractivity contribution in [1.29, 1.82) is 0 Å². The van der Waals surface area contributed by atoms with E-state index in [1.807, 2.05) is 24.3 Å². The maximum atomic E-state index is 12.5. The highest BCUT2D eigenvalue weighted by molar-refractivity contribution is 7.80. The van der Waals surface area contributed by atoms with E-state index in [1.54, 1.807) is 6.20 Å². The predicted octanol–water partition coefficient (Wildman–Crippen LogP) is -0.544. The lowest BCUT2D eigenvalue weighted by Crippen LogP contribution is -2.57. The number of nitrogens with one attached hydrogen (secondary N) is 4. The molecular formula is C20H27N5O5S2. The molecule has 32 heavy (non-hydrogen) atoms. The van der Waals surface area contributed by atoms with Crippen LogP contribution in [0.15, 0.2) is 30.5 Å². The fourth-order valence-electron chi connectivity index (χ4n) is 2.96. The molecule has 1 heterocycles. The molecule has 12 heteroatoms. The molecule has 10 nitrogen and oxygen atoms in total. The Bertz CT molecular complexity index is 982. The second kappa shape index (κ2) is 11.8. The minimum atomic E-state index is -1.24. The number of rotatable bonds is 11. The second-order valence-corrected chi connectivity index (χ2v) is 7.96. The summed E-state index contributed by atoms with van der Waals surface area (Å²) in [4.78, 5) is 51.3. The lowest BCUT2D eigenvalue weighted by Gasteiger charge is -2.22. The number of carbonyl (C=O) groups excluding carboxylic acids is 3. The molecule has 0 fully saturated rings. The molecule has 174 valence electrons. The van der Waals surface area contributed by atoms with Crippen LogP contribution in [0.3, 0.4) is 0 Å². The van der Waals surface area contributed by atoms with E-state index in [0.717, 1.165) is 16.5 Å². The molecule has 0 bridgehead atoms. The van der Waals surface area contributed by atoms with Crippen LogP contribution in [0.25, 0.3) is 10.9 Å². The Kier molecular flexibility index (Phi) is 9.42. The van der Waals surface area contributed by atoms with E-state index in [9.17, 15) is 19.2 Å². The van der Waals surface area contributed by atoms with Crippen LogP contribution in [-0.2, 0) is 25.6 Å². The number of carbonyl (C=O) groups is 4. The van der Waals surface area contributed by atoms with E-state index >= 15 is 0 Å². The van der Waals surface area contributed by atoms with Gasteiger partial charge >= 0.3 is 5.97 Å². The summed E-state index contributed by atoms with van der Waals surface area (Å²) < 4.78 is 0. The Morgan fingerprint density at radius 1 is 1.00 bits per heavy atom. The molecule has 4 unspecified atom stereocenters. The minimum absolute atomic E-state index is 0.0277. The number of para-hydroxylation sites is 1. The van der Waals surface area contributed by atoms with Crippen LogP contribution >= 0.6 is 25.3 Å². The Hall–Kier alpha value is -2.70. The fraction of sp³-hybridized carbons (Fsp3) is 0.400. The van der Waals surface area contributed by atoms with Gasteiger partial charge in [-0.25, -0.2) is 4.79 Å². The molecule has 2 aromatic rings. The third kappa shape index (κ3) is 6.65. The summed E-state index contributed by atoms with van der Waals surface area (Å²) in [6, 6.07) is 3.46. The maximum absolute atomic E-state index is 12.5. The van der Waals surface area contributed by atoms with E-state index in [4.69, 9.17) is 10.8 Å². The van der Waals surface area contributed by atoms with Gasteiger partial charge in [-0.05, 0) is 25.0 Å². The third-order valence-corrected chi connectivity index (χ3v) is 5.55. The smallest absolute Gasteiger partial charge is 0.327 e. The van der Waals surface area contributed by atoms with Crippen LogP contribution in [0.5, 0.6) is 0 Å². The van der Waals surface area contributed by atoms with Crippen molar-refractivity contribution in [2.45, 2.75) is 37.5 Å². The van der Waals surface area contributed by atoms with Gasteiger partial charge in [0.05, 0.1) is 6.04 Å². The van der Waals surface area contributed by atoms with Gasteiger partial charge in [0.1, 0.15) is 18.1 Å². The molecule has 0 saturated carbocycles. The zero-order valence-electron chi connectivity index (χ0n) is 17.4. The number of thiol groups is 2.